The molecule has 0 spiro atoms. The van der Waals surface area contributed by atoms with E-state index in [2.05, 4.69) is 35.3 Å². The Labute approximate surface area is 127 Å². The molecule has 1 aliphatic rings. The van der Waals surface area contributed by atoms with E-state index in [0.717, 1.165) is 11.4 Å². The summed E-state index contributed by atoms with van der Waals surface area (Å²) in [6.45, 7) is 0. The van der Waals surface area contributed by atoms with Crippen molar-refractivity contribution in [2.75, 3.05) is 7.11 Å². The molecular weight excluding hydrogens is 258 g/mol. The van der Waals surface area contributed by atoms with Crippen LogP contribution >= 0.6 is 0 Å². The minimum atomic E-state index is 0.350. The first-order chi connectivity index (χ1) is 10.4. The normalized spacial score (nSPS) is 17.4. The fourth-order valence-corrected chi connectivity index (χ4v) is 3.59. The summed E-state index contributed by atoms with van der Waals surface area (Å²) in [6.07, 6.45) is 8.51. The van der Waals surface area contributed by atoms with Crippen molar-refractivity contribution in [3.05, 3.63) is 59.9 Å². The Hall–Kier alpha value is -1.83. The summed E-state index contributed by atoms with van der Waals surface area (Å²) in [5.41, 5.74) is 2.46. The van der Waals surface area contributed by atoms with E-state index in [4.69, 9.17) is 4.74 Å². The van der Waals surface area contributed by atoms with E-state index in [0.29, 0.717) is 11.8 Å². The minimum absolute atomic E-state index is 0.350. The molecule has 110 valence electrons. The van der Waals surface area contributed by atoms with Crippen molar-refractivity contribution in [2.24, 2.45) is 5.92 Å². The second-order valence-electron chi connectivity index (χ2n) is 5.88. The molecule has 1 aliphatic carbocycles. The van der Waals surface area contributed by atoms with Crippen LogP contribution in [-0.4, -0.2) is 12.1 Å². The first-order valence-electron chi connectivity index (χ1n) is 7.94. The van der Waals surface area contributed by atoms with Crippen LogP contribution in [0.3, 0.4) is 0 Å². The highest BCUT2D eigenvalue weighted by atomic mass is 16.5. The summed E-state index contributed by atoms with van der Waals surface area (Å²) in [4.78, 5) is 4.68. The van der Waals surface area contributed by atoms with Crippen molar-refractivity contribution in [2.45, 2.75) is 38.0 Å². The number of methoxy groups -OCH3 is 1. The molecule has 0 aliphatic heterocycles. The van der Waals surface area contributed by atoms with Crippen LogP contribution in [0.25, 0.3) is 0 Å². The van der Waals surface area contributed by atoms with Gasteiger partial charge in [-0.15, -0.1) is 0 Å². The Bertz CT molecular complexity index is 561. The van der Waals surface area contributed by atoms with Gasteiger partial charge < -0.3 is 4.74 Å². The van der Waals surface area contributed by atoms with Crippen molar-refractivity contribution in [3.63, 3.8) is 0 Å². The summed E-state index contributed by atoms with van der Waals surface area (Å²) in [5, 5.41) is 0. The number of hydrogen-bond donors (Lipinski definition) is 0. The lowest BCUT2D eigenvalue weighted by atomic mass is 9.75. The Morgan fingerprint density at radius 1 is 1.00 bits per heavy atom. The van der Waals surface area contributed by atoms with Crippen molar-refractivity contribution in [1.82, 2.24) is 4.98 Å². The number of benzene rings is 1. The van der Waals surface area contributed by atoms with E-state index in [1.165, 1.54) is 37.7 Å². The Balaban J connectivity index is 2.03. The summed E-state index contributed by atoms with van der Waals surface area (Å²) >= 11 is 0. The van der Waals surface area contributed by atoms with Gasteiger partial charge in [0, 0.05) is 12.1 Å². The van der Waals surface area contributed by atoms with Crippen molar-refractivity contribution in [3.8, 4) is 5.75 Å². The van der Waals surface area contributed by atoms with Gasteiger partial charge in [0.1, 0.15) is 5.75 Å². The summed E-state index contributed by atoms with van der Waals surface area (Å²) in [6, 6.07) is 14.8. The third-order valence-corrected chi connectivity index (χ3v) is 4.59. The molecule has 1 atom stereocenters. The molecule has 1 saturated carbocycles. The van der Waals surface area contributed by atoms with E-state index in [1.54, 1.807) is 7.11 Å². The number of nitrogens with zero attached hydrogens (tertiary/aromatic N) is 1. The first kappa shape index (κ1) is 14.1. The molecule has 2 nitrogen and oxygen atoms in total. The molecule has 0 bridgehead atoms. The Kier molecular flexibility index (Phi) is 4.54. The fraction of sp³-hybridized carbons (Fsp3) is 0.421. The van der Waals surface area contributed by atoms with Crippen LogP contribution in [-0.2, 0) is 0 Å². The average molecular weight is 281 g/mol. The van der Waals surface area contributed by atoms with Crippen molar-refractivity contribution >= 4 is 0 Å². The summed E-state index contributed by atoms with van der Waals surface area (Å²) < 4.78 is 5.58. The smallest absolute Gasteiger partial charge is 0.140 e. The molecule has 0 saturated heterocycles. The SMILES string of the molecule is COc1cccnc1[C@@H](c1ccccc1)C1CCCCC1. The van der Waals surface area contributed by atoms with E-state index < -0.39 is 0 Å². The standard InChI is InChI=1S/C19H23NO/c1-21-17-13-8-14-20-19(17)18(15-9-4-2-5-10-15)16-11-6-3-7-12-16/h2,4-5,8-10,13-14,16,18H,3,6-7,11-12H2,1H3/t18-/m0/s1. The Morgan fingerprint density at radius 3 is 2.48 bits per heavy atom. The highest BCUT2D eigenvalue weighted by molar-refractivity contribution is 5.38. The second-order valence-corrected chi connectivity index (χ2v) is 5.88. The summed E-state index contributed by atoms with van der Waals surface area (Å²) in [5.74, 6) is 1.93. The van der Waals surface area contributed by atoms with Crippen LogP contribution in [0.5, 0.6) is 5.75 Å². The molecule has 2 heteroatoms. The van der Waals surface area contributed by atoms with Crippen LogP contribution in [0.15, 0.2) is 48.7 Å². The zero-order valence-electron chi connectivity index (χ0n) is 12.7. The molecule has 1 heterocycles. The van der Waals surface area contributed by atoms with Gasteiger partial charge in [-0.1, -0.05) is 49.6 Å². The second kappa shape index (κ2) is 6.75. The van der Waals surface area contributed by atoms with Crippen LogP contribution in [0.2, 0.25) is 0 Å². The zero-order valence-corrected chi connectivity index (χ0v) is 12.7. The number of aromatic nitrogens is 1. The van der Waals surface area contributed by atoms with Crippen molar-refractivity contribution in [1.29, 1.82) is 0 Å². The van der Waals surface area contributed by atoms with Gasteiger partial charge >= 0.3 is 0 Å². The number of hydrogen-bond acceptors (Lipinski definition) is 2. The molecule has 3 rings (SSSR count). The van der Waals surface area contributed by atoms with Gasteiger partial charge in [-0.3, -0.25) is 4.98 Å². The molecule has 0 unspecified atom stereocenters. The number of rotatable bonds is 4. The molecule has 21 heavy (non-hydrogen) atoms. The average Bonchev–Trinajstić information content (AvgIpc) is 2.58. The lowest BCUT2D eigenvalue weighted by Crippen LogP contribution is -2.19. The molecular formula is C19H23NO. The van der Waals surface area contributed by atoms with Gasteiger partial charge in [0.15, 0.2) is 0 Å². The summed E-state index contributed by atoms with van der Waals surface area (Å²) in [7, 11) is 1.74. The lowest BCUT2D eigenvalue weighted by molar-refractivity contribution is 0.316. The van der Waals surface area contributed by atoms with Gasteiger partial charge in [0.2, 0.25) is 0 Å². The third-order valence-electron chi connectivity index (χ3n) is 4.59. The van der Waals surface area contributed by atoms with Crippen LogP contribution in [0.1, 0.15) is 49.3 Å². The maximum absolute atomic E-state index is 5.58. The van der Waals surface area contributed by atoms with Gasteiger partial charge in [-0.05, 0) is 36.5 Å². The molecule has 1 fully saturated rings. The quantitative estimate of drug-likeness (QED) is 0.803. The fourth-order valence-electron chi connectivity index (χ4n) is 3.59. The van der Waals surface area contributed by atoms with E-state index in [1.807, 2.05) is 18.3 Å². The van der Waals surface area contributed by atoms with Gasteiger partial charge in [0.05, 0.1) is 12.8 Å². The lowest BCUT2D eigenvalue weighted by Gasteiger charge is -2.31. The number of pyridine rings is 1. The maximum atomic E-state index is 5.58. The predicted molar refractivity (Wildman–Crippen MR) is 85.6 cm³/mol. The van der Waals surface area contributed by atoms with Gasteiger partial charge in [-0.2, -0.15) is 0 Å². The topological polar surface area (TPSA) is 22.1 Å². The monoisotopic (exact) mass is 281 g/mol. The Morgan fingerprint density at radius 2 is 1.76 bits per heavy atom. The molecule has 0 amide bonds. The van der Waals surface area contributed by atoms with Crippen molar-refractivity contribution < 1.29 is 4.74 Å². The van der Waals surface area contributed by atoms with E-state index in [-0.39, 0.29) is 0 Å². The highest BCUT2D eigenvalue weighted by Crippen LogP contribution is 2.42. The van der Waals surface area contributed by atoms with E-state index in [9.17, 15) is 0 Å². The van der Waals surface area contributed by atoms with E-state index >= 15 is 0 Å². The third kappa shape index (κ3) is 3.10. The zero-order chi connectivity index (χ0) is 14.5. The molecule has 1 aromatic carbocycles. The van der Waals surface area contributed by atoms with Gasteiger partial charge in [0.25, 0.3) is 0 Å². The first-order valence-corrected chi connectivity index (χ1v) is 7.94. The highest BCUT2D eigenvalue weighted by Gasteiger charge is 2.29. The minimum Gasteiger partial charge on any atom is -0.495 e. The van der Waals surface area contributed by atoms with Gasteiger partial charge in [-0.25, -0.2) is 0 Å². The maximum Gasteiger partial charge on any atom is 0.140 e. The molecule has 2 aromatic rings. The number of ether oxygens (including phenoxy) is 1. The molecule has 0 radical (unpaired) electrons. The molecule has 0 N–H and O–H groups in total. The largest absolute Gasteiger partial charge is 0.495 e. The van der Waals surface area contributed by atoms with Crippen LogP contribution < -0.4 is 4.74 Å². The predicted octanol–water partition coefficient (Wildman–Crippen LogP) is 4.80. The molecule has 1 aromatic heterocycles. The van der Waals surface area contributed by atoms with Crippen LogP contribution in [0.4, 0.5) is 0 Å². The van der Waals surface area contributed by atoms with Crippen LogP contribution in [0, 0.1) is 5.92 Å².